The summed E-state index contributed by atoms with van der Waals surface area (Å²) >= 11 is 0. The molecular formula is C14H18N2O4S. The fourth-order valence-corrected chi connectivity index (χ4v) is 2.86. The van der Waals surface area contributed by atoms with E-state index < -0.39 is 16.8 Å². The molecule has 0 aromatic heterocycles. The average Bonchev–Trinajstić information content (AvgIpc) is 2.77. The van der Waals surface area contributed by atoms with Gasteiger partial charge < -0.3 is 10.4 Å². The zero-order valence-corrected chi connectivity index (χ0v) is 12.6. The molecule has 0 radical (unpaired) electrons. The van der Waals surface area contributed by atoms with Crippen LogP contribution in [0.5, 0.6) is 0 Å². The van der Waals surface area contributed by atoms with E-state index in [1.54, 1.807) is 11.2 Å². The first-order valence-electron chi connectivity index (χ1n) is 6.65. The number of urea groups is 1. The van der Waals surface area contributed by atoms with Gasteiger partial charge in [0.15, 0.2) is 0 Å². The lowest BCUT2D eigenvalue weighted by Crippen LogP contribution is -2.41. The predicted octanol–water partition coefficient (Wildman–Crippen LogP) is 1.15. The van der Waals surface area contributed by atoms with E-state index in [0.717, 1.165) is 11.3 Å². The van der Waals surface area contributed by atoms with Crippen LogP contribution in [0.3, 0.4) is 0 Å². The van der Waals surface area contributed by atoms with Crippen LogP contribution in [-0.4, -0.2) is 46.4 Å². The summed E-state index contributed by atoms with van der Waals surface area (Å²) in [4.78, 5) is 24.7. The standard InChI is InChI=1S/C14H18N2O4S/c1-21(20)7-6-15-14(19)16-9-10(8-13(17)18)11-4-2-3-5-12(11)16/h2-5,10H,6-9H2,1H3,(H,15,19)(H,17,18). The number of nitrogens with one attached hydrogen (secondary N) is 1. The van der Waals surface area contributed by atoms with Crippen molar-refractivity contribution < 1.29 is 18.9 Å². The molecule has 6 nitrogen and oxygen atoms in total. The summed E-state index contributed by atoms with van der Waals surface area (Å²) in [6.07, 6.45) is 1.58. The van der Waals surface area contributed by atoms with Crippen LogP contribution < -0.4 is 10.2 Å². The highest BCUT2D eigenvalue weighted by atomic mass is 32.2. The van der Waals surface area contributed by atoms with E-state index in [4.69, 9.17) is 5.11 Å². The summed E-state index contributed by atoms with van der Waals surface area (Å²) in [6.45, 7) is 0.691. The van der Waals surface area contributed by atoms with Crippen molar-refractivity contribution in [2.75, 3.05) is 30.0 Å². The number of fused-ring (bicyclic) bond motifs is 1. The van der Waals surface area contributed by atoms with E-state index in [2.05, 4.69) is 5.32 Å². The highest BCUT2D eigenvalue weighted by Crippen LogP contribution is 2.37. The smallest absolute Gasteiger partial charge is 0.321 e. The van der Waals surface area contributed by atoms with Crippen molar-refractivity contribution in [1.82, 2.24) is 5.32 Å². The number of para-hydroxylation sites is 1. The minimum atomic E-state index is -0.954. The molecule has 1 aromatic carbocycles. The molecule has 2 unspecified atom stereocenters. The molecule has 1 aliphatic heterocycles. The Morgan fingerprint density at radius 2 is 2.14 bits per heavy atom. The number of amides is 2. The van der Waals surface area contributed by atoms with Crippen molar-refractivity contribution in [2.24, 2.45) is 0 Å². The lowest BCUT2D eigenvalue weighted by Gasteiger charge is -2.18. The van der Waals surface area contributed by atoms with Crippen molar-refractivity contribution in [3.8, 4) is 0 Å². The Kier molecular flexibility index (Phi) is 4.95. The molecule has 0 fully saturated rings. The molecule has 0 bridgehead atoms. The van der Waals surface area contributed by atoms with Crippen LogP contribution >= 0.6 is 0 Å². The van der Waals surface area contributed by atoms with Crippen LogP contribution in [0.25, 0.3) is 0 Å². The summed E-state index contributed by atoms with van der Waals surface area (Å²) in [5.41, 5.74) is 1.63. The topological polar surface area (TPSA) is 86.7 Å². The molecule has 1 aliphatic rings. The number of benzene rings is 1. The molecular weight excluding hydrogens is 292 g/mol. The number of hydrogen-bond donors (Lipinski definition) is 2. The highest BCUT2D eigenvalue weighted by Gasteiger charge is 2.33. The molecule has 2 rings (SSSR count). The summed E-state index contributed by atoms with van der Waals surface area (Å²) in [7, 11) is -0.954. The molecule has 21 heavy (non-hydrogen) atoms. The SMILES string of the molecule is CS(=O)CCNC(=O)N1CC(CC(=O)O)c2ccccc21. The number of carboxylic acids is 1. The van der Waals surface area contributed by atoms with Gasteiger partial charge in [-0.1, -0.05) is 18.2 Å². The second-order valence-corrected chi connectivity index (χ2v) is 6.53. The van der Waals surface area contributed by atoms with Crippen LogP contribution in [0.15, 0.2) is 24.3 Å². The van der Waals surface area contributed by atoms with Crippen molar-refractivity contribution in [3.05, 3.63) is 29.8 Å². The van der Waals surface area contributed by atoms with Crippen LogP contribution in [0.4, 0.5) is 10.5 Å². The second kappa shape index (κ2) is 6.71. The van der Waals surface area contributed by atoms with Gasteiger partial charge in [-0.05, 0) is 11.6 Å². The van der Waals surface area contributed by atoms with Crippen LogP contribution in [0, 0.1) is 0 Å². The minimum absolute atomic E-state index is 0.000228. The van der Waals surface area contributed by atoms with E-state index in [-0.39, 0.29) is 18.4 Å². The first-order valence-corrected chi connectivity index (χ1v) is 8.38. The summed E-state index contributed by atoms with van der Waals surface area (Å²) < 4.78 is 11.0. The van der Waals surface area contributed by atoms with Gasteiger partial charge in [-0.15, -0.1) is 0 Å². The lowest BCUT2D eigenvalue weighted by atomic mass is 9.98. The molecule has 1 aromatic rings. The number of nitrogens with zero attached hydrogens (tertiary/aromatic N) is 1. The largest absolute Gasteiger partial charge is 0.481 e. The van der Waals surface area contributed by atoms with E-state index in [0.29, 0.717) is 18.8 Å². The number of carbonyl (C=O) groups is 2. The Hall–Kier alpha value is -1.89. The van der Waals surface area contributed by atoms with Gasteiger partial charge in [-0.2, -0.15) is 0 Å². The molecule has 2 atom stereocenters. The zero-order valence-electron chi connectivity index (χ0n) is 11.7. The van der Waals surface area contributed by atoms with E-state index in [1.165, 1.54) is 0 Å². The molecule has 0 aliphatic carbocycles. The fourth-order valence-electron chi connectivity index (χ4n) is 2.47. The van der Waals surface area contributed by atoms with E-state index >= 15 is 0 Å². The van der Waals surface area contributed by atoms with Gasteiger partial charge in [0.1, 0.15) is 0 Å². The van der Waals surface area contributed by atoms with Gasteiger partial charge in [0, 0.05) is 47.5 Å². The summed E-state index contributed by atoms with van der Waals surface area (Å²) in [5, 5.41) is 11.7. The fraction of sp³-hybridized carbons (Fsp3) is 0.429. The third-order valence-electron chi connectivity index (χ3n) is 3.40. The number of aliphatic carboxylic acids is 1. The predicted molar refractivity (Wildman–Crippen MR) is 81.1 cm³/mol. The maximum Gasteiger partial charge on any atom is 0.321 e. The van der Waals surface area contributed by atoms with Crippen molar-refractivity contribution in [1.29, 1.82) is 0 Å². The minimum Gasteiger partial charge on any atom is -0.481 e. The van der Waals surface area contributed by atoms with Gasteiger partial charge >= 0.3 is 12.0 Å². The first-order chi connectivity index (χ1) is 9.99. The van der Waals surface area contributed by atoms with Gasteiger partial charge in [-0.3, -0.25) is 13.9 Å². The zero-order chi connectivity index (χ0) is 15.4. The molecule has 114 valence electrons. The average molecular weight is 310 g/mol. The third kappa shape index (κ3) is 3.81. The molecule has 1 heterocycles. The molecule has 7 heteroatoms. The van der Waals surface area contributed by atoms with Crippen molar-refractivity contribution >= 4 is 28.5 Å². The van der Waals surface area contributed by atoms with Gasteiger partial charge in [-0.25, -0.2) is 4.79 Å². The molecule has 0 saturated carbocycles. The Morgan fingerprint density at radius 3 is 2.81 bits per heavy atom. The Labute approximate surface area is 125 Å². The van der Waals surface area contributed by atoms with Gasteiger partial charge in [0.25, 0.3) is 0 Å². The van der Waals surface area contributed by atoms with Crippen molar-refractivity contribution in [2.45, 2.75) is 12.3 Å². The maximum absolute atomic E-state index is 12.2. The number of carboxylic acid groups (broad SMARTS) is 1. The quantitative estimate of drug-likeness (QED) is 0.854. The van der Waals surface area contributed by atoms with Gasteiger partial charge in [0.05, 0.1) is 6.42 Å². The highest BCUT2D eigenvalue weighted by molar-refractivity contribution is 7.84. The second-order valence-electron chi connectivity index (χ2n) is 4.97. The van der Waals surface area contributed by atoms with Crippen LogP contribution in [0.1, 0.15) is 17.9 Å². The Bertz CT molecular complexity index is 576. The first kappa shape index (κ1) is 15.5. The number of rotatable bonds is 5. The number of anilines is 1. The van der Waals surface area contributed by atoms with E-state index in [9.17, 15) is 13.8 Å². The Morgan fingerprint density at radius 1 is 1.43 bits per heavy atom. The van der Waals surface area contributed by atoms with E-state index in [1.807, 2.05) is 24.3 Å². The molecule has 0 spiro atoms. The lowest BCUT2D eigenvalue weighted by molar-refractivity contribution is -0.137. The Balaban J connectivity index is 2.09. The number of hydrogen-bond acceptors (Lipinski definition) is 3. The van der Waals surface area contributed by atoms with Crippen molar-refractivity contribution in [3.63, 3.8) is 0 Å². The van der Waals surface area contributed by atoms with Crippen LogP contribution in [0.2, 0.25) is 0 Å². The summed E-state index contributed by atoms with van der Waals surface area (Å²) in [6, 6.07) is 7.06. The number of carbonyl (C=O) groups excluding carboxylic acids is 1. The van der Waals surface area contributed by atoms with Gasteiger partial charge in [0.2, 0.25) is 0 Å². The monoisotopic (exact) mass is 310 g/mol. The van der Waals surface area contributed by atoms with Crippen LogP contribution in [-0.2, 0) is 15.6 Å². The third-order valence-corrected chi connectivity index (χ3v) is 4.18. The molecule has 2 N–H and O–H groups in total. The summed E-state index contributed by atoms with van der Waals surface area (Å²) in [5.74, 6) is -0.664. The molecule has 0 saturated heterocycles. The maximum atomic E-state index is 12.2. The molecule has 2 amide bonds. The normalized spacial score (nSPS) is 18.1.